The molecule has 0 radical (unpaired) electrons. The van der Waals surface area contributed by atoms with Crippen LogP contribution in [0.1, 0.15) is 17.5 Å². The van der Waals surface area contributed by atoms with Crippen LogP contribution in [-0.4, -0.2) is 46.9 Å². The van der Waals surface area contributed by atoms with Crippen LogP contribution in [0, 0.1) is 5.82 Å². The number of hydrogen-bond acceptors (Lipinski definition) is 2. The Balaban J connectivity index is 1.26. The minimum absolute atomic E-state index is 0.204. The molecule has 0 saturated carbocycles. The molecule has 1 amide bonds. The lowest BCUT2D eigenvalue weighted by Gasteiger charge is -2.34. The third-order valence-electron chi connectivity index (χ3n) is 5.33. The Morgan fingerprint density at radius 3 is 2.52 bits per heavy atom. The standard InChI is InChI=1S/C22H24FN3O/c23-19-8-5-17(6-9-19)16-25-11-13-26(14-12-25)22(27)10-7-18-15-24-21-4-2-1-3-20(18)21/h1-6,8-9,15,24H,7,10-14,16H2. The van der Waals surface area contributed by atoms with Crippen molar-refractivity contribution in [2.75, 3.05) is 26.2 Å². The van der Waals surface area contributed by atoms with Crippen LogP contribution >= 0.6 is 0 Å². The Bertz CT molecular complexity index is 911. The number of hydrogen-bond donors (Lipinski definition) is 1. The SMILES string of the molecule is O=C(CCc1c[nH]c2ccccc12)N1CCN(Cc2ccc(F)cc2)CC1. The molecule has 2 aromatic carbocycles. The number of amides is 1. The number of fused-ring (bicyclic) bond motifs is 1. The first-order valence-electron chi connectivity index (χ1n) is 9.48. The van der Waals surface area contributed by atoms with E-state index < -0.39 is 0 Å². The third kappa shape index (κ3) is 4.19. The van der Waals surface area contributed by atoms with Crippen molar-refractivity contribution in [3.63, 3.8) is 0 Å². The summed E-state index contributed by atoms with van der Waals surface area (Å²) >= 11 is 0. The fourth-order valence-corrected chi connectivity index (χ4v) is 3.74. The van der Waals surface area contributed by atoms with Gasteiger partial charge in [-0.05, 0) is 35.7 Å². The summed E-state index contributed by atoms with van der Waals surface area (Å²) < 4.78 is 13.0. The molecule has 1 aromatic heterocycles. The fourth-order valence-electron chi connectivity index (χ4n) is 3.74. The molecule has 2 heterocycles. The van der Waals surface area contributed by atoms with Crippen molar-refractivity contribution in [2.24, 2.45) is 0 Å². The lowest BCUT2D eigenvalue weighted by molar-refractivity contribution is -0.132. The number of carbonyl (C=O) groups excluding carboxylic acids is 1. The minimum atomic E-state index is -0.204. The zero-order valence-corrected chi connectivity index (χ0v) is 15.3. The van der Waals surface area contributed by atoms with Crippen molar-refractivity contribution in [1.82, 2.24) is 14.8 Å². The summed E-state index contributed by atoms with van der Waals surface area (Å²) in [5.74, 6) is 0.0195. The monoisotopic (exact) mass is 365 g/mol. The van der Waals surface area contributed by atoms with E-state index in [1.807, 2.05) is 35.4 Å². The topological polar surface area (TPSA) is 39.3 Å². The molecule has 5 heteroatoms. The van der Waals surface area contributed by atoms with Gasteiger partial charge < -0.3 is 9.88 Å². The Kier molecular flexibility index (Phi) is 5.21. The van der Waals surface area contributed by atoms with Crippen LogP contribution < -0.4 is 0 Å². The van der Waals surface area contributed by atoms with Crippen LogP contribution in [-0.2, 0) is 17.8 Å². The quantitative estimate of drug-likeness (QED) is 0.751. The van der Waals surface area contributed by atoms with Gasteiger partial charge in [0.25, 0.3) is 0 Å². The van der Waals surface area contributed by atoms with E-state index in [4.69, 9.17) is 0 Å². The zero-order chi connectivity index (χ0) is 18.6. The summed E-state index contributed by atoms with van der Waals surface area (Å²) in [6.45, 7) is 4.03. The maximum atomic E-state index is 13.0. The second-order valence-corrected chi connectivity index (χ2v) is 7.14. The second kappa shape index (κ2) is 7.92. The highest BCUT2D eigenvalue weighted by molar-refractivity contribution is 5.84. The van der Waals surface area contributed by atoms with Gasteiger partial charge in [0.2, 0.25) is 5.91 Å². The Morgan fingerprint density at radius 2 is 1.74 bits per heavy atom. The van der Waals surface area contributed by atoms with Gasteiger partial charge in [-0.15, -0.1) is 0 Å². The van der Waals surface area contributed by atoms with Crippen LogP contribution in [0.4, 0.5) is 4.39 Å². The van der Waals surface area contributed by atoms with Gasteiger partial charge in [-0.1, -0.05) is 30.3 Å². The van der Waals surface area contributed by atoms with Gasteiger partial charge in [-0.25, -0.2) is 4.39 Å². The van der Waals surface area contributed by atoms with E-state index in [2.05, 4.69) is 22.0 Å². The molecule has 1 N–H and O–H groups in total. The number of benzene rings is 2. The summed E-state index contributed by atoms with van der Waals surface area (Å²) in [5, 5.41) is 1.20. The molecule has 140 valence electrons. The van der Waals surface area contributed by atoms with Crippen molar-refractivity contribution < 1.29 is 9.18 Å². The molecule has 0 atom stereocenters. The van der Waals surface area contributed by atoms with E-state index in [1.165, 1.54) is 23.1 Å². The predicted octanol–water partition coefficient (Wildman–Crippen LogP) is 3.58. The zero-order valence-electron chi connectivity index (χ0n) is 15.3. The van der Waals surface area contributed by atoms with Crippen LogP contribution in [0.3, 0.4) is 0 Å². The Labute approximate surface area is 158 Å². The number of nitrogens with zero attached hydrogens (tertiary/aromatic N) is 2. The van der Waals surface area contributed by atoms with Gasteiger partial charge in [0, 0.05) is 56.2 Å². The van der Waals surface area contributed by atoms with E-state index in [0.29, 0.717) is 6.42 Å². The maximum Gasteiger partial charge on any atom is 0.222 e. The number of halogens is 1. The Hall–Kier alpha value is -2.66. The van der Waals surface area contributed by atoms with Gasteiger partial charge in [-0.3, -0.25) is 9.69 Å². The van der Waals surface area contributed by atoms with Crippen molar-refractivity contribution in [1.29, 1.82) is 0 Å². The molecule has 1 fully saturated rings. The van der Waals surface area contributed by atoms with Crippen LogP contribution in [0.2, 0.25) is 0 Å². The summed E-state index contributed by atoms with van der Waals surface area (Å²) in [4.78, 5) is 20.1. The number of aromatic amines is 1. The normalized spacial score (nSPS) is 15.4. The average molecular weight is 365 g/mol. The van der Waals surface area contributed by atoms with Crippen LogP contribution in [0.5, 0.6) is 0 Å². The number of carbonyl (C=O) groups is 1. The van der Waals surface area contributed by atoms with Crippen LogP contribution in [0.15, 0.2) is 54.7 Å². The molecule has 27 heavy (non-hydrogen) atoms. The molecule has 3 aromatic rings. The number of H-pyrrole nitrogens is 1. The number of rotatable bonds is 5. The van der Waals surface area contributed by atoms with Gasteiger partial charge in [-0.2, -0.15) is 0 Å². The number of para-hydroxylation sites is 1. The minimum Gasteiger partial charge on any atom is -0.361 e. The largest absolute Gasteiger partial charge is 0.361 e. The van der Waals surface area contributed by atoms with Crippen molar-refractivity contribution >= 4 is 16.8 Å². The van der Waals surface area contributed by atoms with E-state index in [1.54, 1.807) is 0 Å². The van der Waals surface area contributed by atoms with E-state index in [0.717, 1.165) is 50.2 Å². The van der Waals surface area contributed by atoms with Crippen molar-refractivity contribution in [3.05, 3.63) is 71.7 Å². The third-order valence-corrected chi connectivity index (χ3v) is 5.33. The maximum absolute atomic E-state index is 13.0. The molecular weight excluding hydrogens is 341 g/mol. The first-order chi connectivity index (χ1) is 13.2. The molecule has 0 aliphatic carbocycles. The lowest BCUT2D eigenvalue weighted by atomic mass is 10.1. The molecule has 0 bridgehead atoms. The van der Waals surface area contributed by atoms with Gasteiger partial charge in [0.05, 0.1) is 0 Å². The first-order valence-corrected chi connectivity index (χ1v) is 9.48. The molecule has 1 aliphatic rings. The molecule has 1 saturated heterocycles. The fraction of sp³-hybridized carbons (Fsp3) is 0.318. The summed E-state index contributed by atoms with van der Waals surface area (Å²) in [5.41, 5.74) is 3.43. The lowest BCUT2D eigenvalue weighted by Crippen LogP contribution is -2.48. The number of aromatic nitrogens is 1. The van der Waals surface area contributed by atoms with Crippen molar-refractivity contribution in [2.45, 2.75) is 19.4 Å². The van der Waals surface area contributed by atoms with E-state index in [-0.39, 0.29) is 11.7 Å². The van der Waals surface area contributed by atoms with E-state index in [9.17, 15) is 9.18 Å². The molecule has 4 nitrogen and oxygen atoms in total. The second-order valence-electron chi connectivity index (χ2n) is 7.14. The smallest absolute Gasteiger partial charge is 0.222 e. The predicted molar refractivity (Wildman–Crippen MR) is 105 cm³/mol. The Morgan fingerprint density at radius 1 is 1.00 bits per heavy atom. The van der Waals surface area contributed by atoms with Crippen molar-refractivity contribution in [3.8, 4) is 0 Å². The van der Waals surface area contributed by atoms with Gasteiger partial charge in [0.15, 0.2) is 0 Å². The summed E-state index contributed by atoms with van der Waals surface area (Å²) in [6, 6.07) is 14.9. The molecule has 0 unspecified atom stereocenters. The highest BCUT2D eigenvalue weighted by Crippen LogP contribution is 2.19. The van der Waals surface area contributed by atoms with Crippen LogP contribution in [0.25, 0.3) is 10.9 Å². The number of aryl methyl sites for hydroxylation is 1. The molecular formula is C22H24FN3O. The highest BCUT2D eigenvalue weighted by Gasteiger charge is 2.21. The highest BCUT2D eigenvalue weighted by atomic mass is 19.1. The first kappa shape index (κ1) is 17.7. The van der Waals surface area contributed by atoms with E-state index >= 15 is 0 Å². The van der Waals surface area contributed by atoms with Gasteiger partial charge >= 0.3 is 0 Å². The summed E-state index contributed by atoms with van der Waals surface area (Å²) in [7, 11) is 0. The molecule has 1 aliphatic heterocycles. The average Bonchev–Trinajstić information content (AvgIpc) is 3.12. The summed E-state index contributed by atoms with van der Waals surface area (Å²) in [6.07, 6.45) is 3.32. The number of nitrogens with one attached hydrogen (secondary N) is 1. The van der Waals surface area contributed by atoms with Gasteiger partial charge in [0.1, 0.15) is 5.82 Å². The molecule has 0 spiro atoms. The molecule has 4 rings (SSSR count). The number of piperazine rings is 1.